The van der Waals surface area contributed by atoms with Crippen molar-refractivity contribution < 1.29 is 4.79 Å². The van der Waals surface area contributed by atoms with Crippen molar-refractivity contribution in [1.29, 1.82) is 0 Å². The first-order chi connectivity index (χ1) is 7.34. The third kappa shape index (κ3) is 1.37. The van der Waals surface area contributed by atoms with Gasteiger partial charge in [0.25, 0.3) is 0 Å². The van der Waals surface area contributed by atoms with E-state index in [0.717, 1.165) is 13.0 Å². The molecule has 0 saturated carbocycles. The summed E-state index contributed by atoms with van der Waals surface area (Å²) in [5.41, 5.74) is 2.69. The van der Waals surface area contributed by atoms with Gasteiger partial charge in [-0.05, 0) is 17.5 Å². The molecule has 0 spiro atoms. The van der Waals surface area contributed by atoms with Crippen molar-refractivity contribution in [2.45, 2.75) is 25.4 Å². The highest BCUT2D eigenvalue weighted by Crippen LogP contribution is 2.26. The molecule has 0 aromatic heterocycles. The van der Waals surface area contributed by atoms with Crippen LogP contribution in [0.5, 0.6) is 0 Å². The Morgan fingerprint density at radius 3 is 2.87 bits per heavy atom. The number of rotatable bonds is 0. The Morgan fingerprint density at radius 2 is 2.00 bits per heavy atom. The minimum Gasteiger partial charge on any atom is -0.331 e. The monoisotopic (exact) mass is 199 g/mol. The van der Waals surface area contributed by atoms with Gasteiger partial charge in [-0.2, -0.15) is 0 Å². The zero-order valence-corrected chi connectivity index (χ0v) is 8.52. The van der Waals surface area contributed by atoms with E-state index in [1.54, 1.807) is 0 Å². The van der Waals surface area contributed by atoms with Crippen LogP contribution in [0, 0.1) is 0 Å². The predicted octanol–water partition coefficient (Wildman–Crippen LogP) is 1.90. The zero-order valence-electron chi connectivity index (χ0n) is 8.52. The number of hydrogen-bond acceptors (Lipinski definition) is 1. The fraction of sp³-hybridized carbons (Fsp3) is 0.308. The molecule has 0 unspecified atom stereocenters. The van der Waals surface area contributed by atoms with Crippen LogP contribution in [0.1, 0.15) is 17.5 Å². The highest BCUT2D eigenvalue weighted by atomic mass is 16.2. The highest BCUT2D eigenvalue weighted by Gasteiger charge is 2.29. The highest BCUT2D eigenvalue weighted by molar-refractivity contribution is 5.80. The van der Waals surface area contributed by atoms with Gasteiger partial charge < -0.3 is 4.90 Å². The lowest BCUT2D eigenvalue weighted by Crippen LogP contribution is -2.44. The summed E-state index contributed by atoms with van der Waals surface area (Å²) in [4.78, 5) is 13.7. The van der Waals surface area contributed by atoms with Crippen LogP contribution in [0.4, 0.5) is 0 Å². The lowest BCUT2D eigenvalue weighted by molar-refractivity contribution is -0.133. The largest absolute Gasteiger partial charge is 0.331 e. The molecular weight excluding hydrogens is 186 g/mol. The summed E-state index contributed by atoms with van der Waals surface area (Å²) in [5, 5.41) is 0. The van der Waals surface area contributed by atoms with E-state index >= 15 is 0 Å². The summed E-state index contributed by atoms with van der Waals surface area (Å²) in [6.45, 7) is 0.782. The molecule has 0 saturated heterocycles. The molecule has 0 fully saturated rings. The number of amides is 1. The van der Waals surface area contributed by atoms with Gasteiger partial charge in [0, 0.05) is 13.0 Å². The normalized spacial score (nSPS) is 23.6. The molecule has 3 rings (SSSR count). The number of benzene rings is 1. The van der Waals surface area contributed by atoms with Crippen LogP contribution in [0.3, 0.4) is 0 Å². The van der Waals surface area contributed by atoms with Crippen LogP contribution >= 0.6 is 0 Å². The lowest BCUT2D eigenvalue weighted by atomic mass is 9.92. The topological polar surface area (TPSA) is 20.3 Å². The van der Waals surface area contributed by atoms with Crippen molar-refractivity contribution in [3.05, 3.63) is 47.5 Å². The molecule has 2 aliphatic rings. The molecule has 1 aromatic rings. The molecule has 1 atom stereocenters. The molecule has 2 heteroatoms. The van der Waals surface area contributed by atoms with Gasteiger partial charge in [0.15, 0.2) is 0 Å². The molecule has 0 aliphatic carbocycles. The van der Waals surface area contributed by atoms with E-state index in [1.165, 1.54) is 11.1 Å². The maximum Gasteiger partial charge on any atom is 0.227 e. The second kappa shape index (κ2) is 3.23. The minimum atomic E-state index is 0.261. The first-order valence-electron chi connectivity index (χ1n) is 5.37. The summed E-state index contributed by atoms with van der Waals surface area (Å²) in [6.07, 6.45) is 5.70. The van der Waals surface area contributed by atoms with Crippen molar-refractivity contribution >= 4 is 5.91 Å². The van der Waals surface area contributed by atoms with Crippen LogP contribution in [-0.4, -0.2) is 16.8 Å². The van der Waals surface area contributed by atoms with Crippen molar-refractivity contribution in [3.63, 3.8) is 0 Å². The van der Waals surface area contributed by atoms with Crippen molar-refractivity contribution in [2.24, 2.45) is 0 Å². The van der Waals surface area contributed by atoms with E-state index in [-0.39, 0.29) is 5.91 Å². The molecule has 0 radical (unpaired) electrons. The number of carbonyl (C=O) groups excluding carboxylic acids is 1. The van der Waals surface area contributed by atoms with Crippen molar-refractivity contribution in [3.8, 4) is 0 Å². The van der Waals surface area contributed by atoms with Crippen LogP contribution in [0.2, 0.25) is 0 Å². The second-order valence-corrected chi connectivity index (χ2v) is 4.19. The third-order valence-corrected chi connectivity index (χ3v) is 3.26. The SMILES string of the molecule is O=C1CC=C[C@@H]2Cc3ccccc3CN12. The third-order valence-electron chi connectivity index (χ3n) is 3.26. The van der Waals surface area contributed by atoms with Gasteiger partial charge in [-0.25, -0.2) is 0 Å². The Balaban J connectivity index is 2.00. The number of nitrogens with zero attached hydrogens (tertiary/aromatic N) is 1. The Morgan fingerprint density at radius 1 is 1.20 bits per heavy atom. The molecular formula is C13H13NO. The molecule has 0 bridgehead atoms. The Kier molecular flexibility index (Phi) is 1.88. The number of fused-ring (bicyclic) bond motifs is 2. The van der Waals surface area contributed by atoms with Crippen LogP contribution in [0.25, 0.3) is 0 Å². The van der Waals surface area contributed by atoms with E-state index in [1.807, 2.05) is 17.0 Å². The Bertz CT molecular complexity index is 436. The summed E-state index contributed by atoms with van der Waals surface area (Å²) < 4.78 is 0. The van der Waals surface area contributed by atoms with E-state index in [0.29, 0.717) is 12.5 Å². The van der Waals surface area contributed by atoms with E-state index in [9.17, 15) is 4.79 Å². The predicted molar refractivity (Wildman–Crippen MR) is 58.2 cm³/mol. The lowest BCUT2D eigenvalue weighted by Gasteiger charge is -2.37. The molecule has 2 nitrogen and oxygen atoms in total. The van der Waals surface area contributed by atoms with E-state index in [2.05, 4.69) is 24.3 Å². The smallest absolute Gasteiger partial charge is 0.227 e. The standard InChI is InChI=1S/C13H13NO/c15-13-7-3-6-12-8-10-4-1-2-5-11(10)9-14(12)13/h1-6,12H,7-9H2/t12-/m1/s1. The summed E-state index contributed by atoms with van der Waals surface area (Å²) in [5.74, 6) is 0.261. The summed E-state index contributed by atoms with van der Waals surface area (Å²) in [7, 11) is 0. The van der Waals surface area contributed by atoms with Gasteiger partial charge in [0.2, 0.25) is 5.91 Å². The molecule has 15 heavy (non-hydrogen) atoms. The Hall–Kier alpha value is -1.57. The molecule has 76 valence electrons. The van der Waals surface area contributed by atoms with Gasteiger partial charge in [-0.15, -0.1) is 0 Å². The van der Waals surface area contributed by atoms with Crippen LogP contribution in [-0.2, 0) is 17.8 Å². The van der Waals surface area contributed by atoms with Crippen molar-refractivity contribution in [2.75, 3.05) is 0 Å². The zero-order chi connectivity index (χ0) is 10.3. The quantitative estimate of drug-likeness (QED) is 0.584. The fourth-order valence-electron chi connectivity index (χ4n) is 2.44. The van der Waals surface area contributed by atoms with Gasteiger partial charge in [0.1, 0.15) is 0 Å². The number of carbonyl (C=O) groups is 1. The maximum absolute atomic E-state index is 11.7. The van der Waals surface area contributed by atoms with Gasteiger partial charge in [0.05, 0.1) is 6.04 Å². The molecule has 0 N–H and O–H groups in total. The first-order valence-corrected chi connectivity index (χ1v) is 5.37. The summed E-state index contributed by atoms with van der Waals surface area (Å²) >= 11 is 0. The maximum atomic E-state index is 11.7. The molecule has 1 amide bonds. The van der Waals surface area contributed by atoms with Crippen LogP contribution < -0.4 is 0 Å². The van der Waals surface area contributed by atoms with Gasteiger partial charge in [-0.1, -0.05) is 36.4 Å². The van der Waals surface area contributed by atoms with Crippen LogP contribution in [0.15, 0.2) is 36.4 Å². The fourth-order valence-corrected chi connectivity index (χ4v) is 2.44. The minimum absolute atomic E-state index is 0.261. The Labute approximate surface area is 89.2 Å². The summed E-state index contributed by atoms with van der Waals surface area (Å²) in [6, 6.07) is 8.70. The van der Waals surface area contributed by atoms with Gasteiger partial charge >= 0.3 is 0 Å². The first kappa shape index (κ1) is 8.72. The molecule has 2 aliphatic heterocycles. The average Bonchev–Trinajstić information content (AvgIpc) is 2.27. The van der Waals surface area contributed by atoms with Crippen molar-refractivity contribution in [1.82, 2.24) is 4.90 Å². The second-order valence-electron chi connectivity index (χ2n) is 4.19. The van der Waals surface area contributed by atoms with E-state index in [4.69, 9.17) is 0 Å². The van der Waals surface area contributed by atoms with E-state index < -0.39 is 0 Å². The molecule has 1 aromatic carbocycles. The number of hydrogen-bond donors (Lipinski definition) is 0. The molecule has 2 heterocycles. The average molecular weight is 199 g/mol. The van der Waals surface area contributed by atoms with Gasteiger partial charge in [-0.3, -0.25) is 4.79 Å².